The van der Waals surface area contributed by atoms with Crippen LogP contribution in [0.3, 0.4) is 0 Å². The second-order valence-corrected chi connectivity index (χ2v) is 20.3. The molecule has 0 radical (unpaired) electrons. The van der Waals surface area contributed by atoms with E-state index in [0.717, 1.165) is 38.2 Å². The first-order valence-electron chi connectivity index (χ1n) is 25.9. The number of phenols is 1. The highest BCUT2D eigenvalue weighted by Gasteiger charge is 2.37. The van der Waals surface area contributed by atoms with Crippen LogP contribution in [0, 0.1) is 23.7 Å². The smallest absolute Gasteiger partial charge is 0.329 e. The van der Waals surface area contributed by atoms with Crippen LogP contribution in [0.25, 0.3) is 0 Å². The second-order valence-electron chi connectivity index (χ2n) is 20.3. The summed E-state index contributed by atoms with van der Waals surface area (Å²) < 4.78 is 5.65. The Kier molecular flexibility index (Phi) is 28.3. The van der Waals surface area contributed by atoms with Gasteiger partial charge in [-0.2, -0.15) is 0 Å². The monoisotopic (exact) mass is 1060 g/mol. The van der Waals surface area contributed by atoms with Crippen molar-refractivity contribution >= 4 is 53.2 Å². The van der Waals surface area contributed by atoms with Gasteiger partial charge in [-0.05, 0) is 54.2 Å². The Morgan fingerprint density at radius 3 is 1.89 bits per heavy atom. The van der Waals surface area contributed by atoms with Crippen LogP contribution in [-0.2, 0) is 54.3 Å². The van der Waals surface area contributed by atoms with Gasteiger partial charge >= 0.3 is 5.97 Å². The Balaban J connectivity index is 2.16. The first kappa shape index (κ1) is 64.7. The van der Waals surface area contributed by atoms with Crippen molar-refractivity contribution < 1.29 is 68.3 Å². The minimum Gasteiger partial charge on any atom is -0.508 e. The van der Waals surface area contributed by atoms with Crippen molar-refractivity contribution in [2.45, 2.75) is 168 Å². The minimum atomic E-state index is -1.71. The number of cyclic esters (lactones) is 1. The Labute approximate surface area is 441 Å². The number of nitrogens with zero attached hydrogens (tertiary/aromatic N) is 1. The first-order valence-corrected chi connectivity index (χ1v) is 25.9. The number of hydrogen-bond acceptors (Lipinski definition) is 14. The molecular formula is C53H84N8O14. The number of allylic oxidation sites excluding steroid dienone is 1. The number of carbonyl (C=O) groups excluding carboxylic acids is 9. The molecule has 0 bridgehead atoms. The van der Waals surface area contributed by atoms with Gasteiger partial charge in [0.1, 0.15) is 48.6 Å². The van der Waals surface area contributed by atoms with Crippen molar-refractivity contribution in [2.75, 3.05) is 26.9 Å². The Bertz CT molecular complexity index is 2110. The third kappa shape index (κ3) is 22.2. The summed E-state index contributed by atoms with van der Waals surface area (Å²) >= 11 is 0. The first-order chi connectivity index (χ1) is 35.3. The summed E-state index contributed by atoms with van der Waals surface area (Å²) in [5, 5.41) is 59.1. The van der Waals surface area contributed by atoms with Crippen LogP contribution in [0.5, 0.6) is 5.75 Å². The highest BCUT2D eigenvalue weighted by molar-refractivity contribution is 5.96. The zero-order chi connectivity index (χ0) is 56.5. The molecule has 8 amide bonds. The molecule has 0 aliphatic carbocycles. The number of ether oxygens (including phenoxy) is 1. The number of carbonyl (C=O) groups is 9. The Morgan fingerprint density at radius 2 is 1.33 bits per heavy atom. The third-order valence-corrected chi connectivity index (χ3v) is 12.6. The SMILES string of the molecule is CCCCCCC=CCC(=O)NC(CO)C(=O)NC(C(=O)NC(C(=O)NC(CO)C(O)CC(=O)NC(C(=O)NC1C=CC(=O)NC(C(C)C)C(=O)N(C)C(Cc2ccc(O)cc2)C(=O)OC1)C(C)C)C(C)C)C(C)C. The van der Waals surface area contributed by atoms with Crippen LogP contribution < -0.4 is 37.2 Å². The number of phenolic OH excluding ortho intramolecular Hbond substituents is 1. The molecule has 1 aliphatic heterocycles. The molecule has 0 spiro atoms. The molecule has 22 nitrogen and oxygen atoms in total. The molecule has 0 saturated heterocycles. The van der Waals surface area contributed by atoms with E-state index in [9.17, 15) is 63.6 Å². The summed E-state index contributed by atoms with van der Waals surface area (Å²) in [6.45, 7) is 13.3. The van der Waals surface area contributed by atoms with Crippen molar-refractivity contribution in [1.82, 2.24) is 42.1 Å². The highest BCUT2D eigenvalue weighted by atomic mass is 16.5. The zero-order valence-corrected chi connectivity index (χ0v) is 45.2. The van der Waals surface area contributed by atoms with Crippen molar-refractivity contribution in [3.63, 3.8) is 0 Å². The van der Waals surface area contributed by atoms with E-state index in [2.05, 4.69) is 44.1 Å². The van der Waals surface area contributed by atoms with Crippen molar-refractivity contribution in [1.29, 1.82) is 0 Å². The lowest BCUT2D eigenvalue weighted by Gasteiger charge is -2.32. The number of benzene rings is 1. The zero-order valence-electron chi connectivity index (χ0n) is 45.2. The largest absolute Gasteiger partial charge is 0.508 e. The van der Waals surface area contributed by atoms with Crippen LogP contribution in [0.2, 0.25) is 0 Å². The molecule has 75 heavy (non-hydrogen) atoms. The number of aliphatic hydroxyl groups is 3. The van der Waals surface area contributed by atoms with E-state index in [1.165, 1.54) is 30.2 Å². The van der Waals surface area contributed by atoms with Gasteiger partial charge in [0, 0.05) is 26.0 Å². The molecule has 0 aromatic heterocycles. The minimum absolute atomic E-state index is 0.00339. The van der Waals surface area contributed by atoms with Gasteiger partial charge in [0.15, 0.2) is 0 Å². The van der Waals surface area contributed by atoms with E-state index in [1.807, 2.05) is 6.08 Å². The number of esters is 1. The predicted molar refractivity (Wildman–Crippen MR) is 279 cm³/mol. The van der Waals surface area contributed by atoms with E-state index < -0.39 is 158 Å². The lowest BCUT2D eigenvalue weighted by Crippen LogP contribution is -2.61. The summed E-state index contributed by atoms with van der Waals surface area (Å²) in [5.74, 6) is -8.66. The van der Waals surface area contributed by atoms with E-state index in [4.69, 9.17) is 4.74 Å². The number of rotatable bonds is 28. The Hall–Kier alpha value is -6.39. The molecule has 0 fully saturated rings. The van der Waals surface area contributed by atoms with Gasteiger partial charge in [-0.15, -0.1) is 0 Å². The molecule has 1 heterocycles. The molecular weight excluding hydrogens is 973 g/mol. The van der Waals surface area contributed by atoms with Gasteiger partial charge in [0.2, 0.25) is 47.3 Å². The van der Waals surface area contributed by atoms with Crippen LogP contribution in [0.1, 0.15) is 113 Å². The fourth-order valence-electron chi connectivity index (χ4n) is 7.86. The average molecular weight is 1060 g/mol. The summed E-state index contributed by atoms with van der Waals surface area (Å²) in [6, 6.07) is -3.87. The van der Waals surface area contributed by atoms with Crippen LogP contribution in [-0.4, -0.2) is 160 Å². The third-order valence-electron chi connectivity index (χ3n) is 12.6. The predicted octanol–water partition coefficient (Wildman–Crippen LogP) is 0.545. The standard InChI is InChI=1S/C53H84N8O14/c1-11-12-13-14-15-16-17-18-41(66)55-38(28-63)48(69)59-46(32(6)7)51(72)60-45(31(4)5)50(71)56-37(27-62)40(65)26-43(68)58-44(30(2)3)49(70)54-35-21-24-42(67)57-47(33(8)9)52(73)61(10)39(53(74)75-29-35)25-34-19-22-36(64)23-20-34/h16-17,19-24,30-33,35,37-40,44-47,62-65H,11-15,18,25-29H2,1-10H3,(H,54,70)(H,55,66)(H,56,71)(H,57,67)(H,58,68)(H,59,69)(H,60,72). The molecule has 11 N–H and O–H groups in total. The number of aliphatic hydroxyl groups excluding tert-OH is 3. The molecule has 0 saturated carbocycles. The van der Waals surface area contributed by atoms with E-state index >= 15 is 0 Å². The van der Waals surface area contributed by atoms with Gasteiger partial charge in [0.25, 0.3) is 0 Å². The summed E-state index contributed by atoms with van der Waals surface area (Å²) in [7, 11) is 1.41. The molecule has 1 aromatic rings. The van der Waals surface area contributed by atoms with Gasteiger partial charge < -0.3 is 67.3 Å². The van der Waals surface area contributed by atoms with Gasteiger partial charge in [-0.25, -0.2) is 4.79 Å². The lowest BCUT2D eigenvalue weighted by atomic mass is 9.98. The lowest BCUT2D eigenvalue weighted by molar-refractivity contribution is -0.156. The summed E-state index contributed by atoms with van der Waals surface area (Å²) in [5.41, 5.74) is 0.596. The molecule has 1 aromatic carbocycles. The number of likely N-dealkylation sites (N-methyl/N-ethyl adjacent to an activating group) is 1. The van der Waals surface area contributed by atoms with Gasteiger partial charge in [-0.3, -0.25) is 38.4 Å². The van der Waals surface area contributed by atoms with E-state index in [-0.39, 0.29) is 18.6 Å². The van der Waals surface area contributed by atoms with Crippen LogP contribution in [0.4, 0.5) is 0 Å². The number of aromatic hydroxyl groups is 1. The van der Waals surface area contributed by atoms with E-state index in [1.54, 1.807) is 73.6 Å². The Morgan fingerprint density at radius 1 is 0.747 bits per heavy atom. The fraction of sp³-hybridized carbons (Fsp3) is 0.642. The summed E-state index contributed by atoms with van der Waals surface area (Å²) in [4.78, 5) is 122. The van der Waals surface area contributed by atoms with Gasteiger partial charge in [-0.1, -0.05) is 112 Å². The summed E-state index contributed by atoms with van der Waals surface area (Å²) in [6.07, 6.45) is 8.60. The number of unbranched alkanes of at least 4 members (excludes halogenated alkanes) is 4. The van der Waals surface area contributed by atoms with Crippen LogP contribution >= 0.6 is 0 Å². The topological polar surface area (TPSA) is 331 Å². The maximum absolute atomic E-state index is 13.8. The fourth-order valence-corrected chi connectivity index (χ4v) is 7.86. The number of nitrogens with one attached hydrogen (secondary N) is 7. The molecule has 9 atom stereocenters. The van der Waals surface area contributed by atoms with Crippen LogP contribution in [0.15, 0.2) is 48.6 Å². The van der Waals surface area contributed by atoms with Gasteiger partial charge in [0.05, 0.1) is 37.8 Å². The maximum atomic E-state index is 13.8. The highest BCUT2D eigenvalue weighted by Crippen LogP contribution is 2.18. The van der Waals surface area contributed by atoms with Crippen molar-refractivity contribution in [3.8, 4) is 5.75 Å². The van der Waals surface area contributed by atoms with Crippen molar-refractivity contribution in [3.05, 3.63) is 54.1 Å². The maximum Gasteiger partial charge on any atom is 0.329 e. The molecule has 420 valence electrons. The average Bonchev–Trinajstić information content (AvgIpc) is 3.35. The second kappa shape index (κ2) is 32.8. The number of hydrogen-bond donors (Lipinski definition) is 11. The molecule has 9 unspecified atom stereocenters. The van der Waals surface area contributed by atoms with E-state index in [0.29, 0.717) is 5.56 Å². The molecule has 1 aliphatic rings. The van der Waals surface area contributed by atoms with Crippen molar-refractivity contribution in [2.24, 2.45) is 23.7 Å². The quantitative estimate of drug-likeness (QED) is 0.0310. The molecule has 22 heteroatoms. The normalized spacial score (nSPS) is 19.0. The molecule has 2 rings (SSSR count). The number of amides is 8.